The Morgan fingerprint density at radius 2 is 1.87 bits per heavy atom. The zero-order valence-electron chi connectivity index (χ0n) is 16.6. The summed E-state index contributed by atoms with van der Waals surface area (Å²) < 4.78 is 23.1. The van der Waals surface area contributed by atoms with Crippen LogP contribution >= 0.6 is 0 Å². The topological polar surface area (TPSA) is 96.1 Å². The number of hydrogen-bond donors (Lipinski definition) is 0. The van der Waals surface area contributed by atoms with E-state index in [9.17, 15) is 0 Å². The van der Waals surface area contributed by atoms with Gasteiger partial charge < -0.3 is 23.8 Å². The lowest BCUT2D eigenvalue weighted by Crippen LogP contribution is -2.12. The molecule has 3 aromatic heterocycles. The summed E-state index contributed by atoms with van der Waals surface area (Å²) in [4.78, 5) is 15.2. The number of fused-ring (bicyclic) bond motifs is 2. The number of ether oxygens (including phenoxy) is 4. The quantitative estimate of drug-likeness (QED) is 0.495. The summed E-state index contributed by atoms with van der Waals surface area (Å²) in [6.45, 7) is 0.234. The van der Waals surface area contributed by atoms with Gasteiger partial charge >= 0.3 is 6.01 Å². The summed E-state index contributed by atoms with van der Waals surface area (Å²) in [6.07, 6.45) is 5.19. The minimum Gasteiger partial charge on any atom is -0.480 e. The minimum atomic E-state index is 0.225. The molecule has 4 aromatic rings. The largest absolute Gasteiger partial charge is 0.480 e. The lowest BCUT2D eigenvalue weighted by molar-refractivity contribution is 0.174. The lowest BCUT2D eigenvalue weighted by atomic mass is 10.2. The first kappa shape index (κ1) is 18.0. The molecule has 0 spiro atoms. The predicted molar refractivity (Wildman–Crippen MR) is 108 cm³/mol. The number of methoxy groups -OCH3 is 2. The molecule has 1 aliphatic heterocycles. The van der Waals surface area contributed by atoms with Gasteiger partial charge in [-0.2, -0.15) is 10.1 Å². The molecule has 0 saturated heterocycles. The Bertz CT molecular complexity index is 1240. The van der Waals surface area contributed by atoms with Crippen LogP contribution in [0.4, 0.5) is 11.5 Å². The third-order valence-electron chi connectivity index (χ3n) is 4.84. The molecule has 0 radical (unpaired) electrons. The molecule has 0 atom stereocenters. The average Bonchev–Trinajstić information content (AvgIpc) is 3.44. The van der Waals surface area contributed by atoms with Crippen LogP contribution in [0.2, 0.25) is 0 Å². The Labute approximate surface area is 171 Å². The van der Waals surface area contributed by atoms with Crippen molar-refractivity contribution in [2.45, 2.75) is 0 Å². The van der Waals surface area contributed by atoms with Crippen LogP contribution < -0.4 is 23.8 Å². The van der Waals surface area contributed by atoms with Crippen LogP contribution in [0, 0.1) is 0 Å². The number of hydrogen-bond acceptors (Lipinski definition) is 9. The third kappa shape index (κ3) is 2.89. The molecular weight excluding hydrogens is 388 g/mol. The van der Waals surface area contributed by atoms with E-state index in [4.69, 9.17) is 23.9 Å². The van der Waals surface area contributed by atoms with Crippen LogP contribution in [0.15, 0.2) is 42.9 Å². The maximum Gasteiger partial charge on any atom is 0.319 e. The zero-order valence-corrected chi connectivity index (χ0v) is 16.6. The molecule has 0 bridgehead atoms. The van der Waals surface area contributed by atoms with E-state index in [1.165, 1.54) is 7.11 Å². The van der Waals surface area contributed by atoms with Crippen molar-refractivity contribution in [1.82, 2.24) is 24.6 Å². The van der Waals surface area contributed by atoms with Gasteiger partial charge in [-0.1, -0.05) is 0 Å². The van der Waals surface area contributed by atoms with E-state index in [-0.39, 0.29) is 12.8 Å². The smallest absolute Gasteiger partial charge is 0.319 e. The molecule has 5 rings (SSSR count). The first-order valence-corrected chi connectivity index (χ1v) is 9.11. The summed E-state index contributed by atoms with van der Waals surface area (Å²) >= 11 is 0. The fourth-order valence-electron chi connectivity index (χ4n) is 3.25. The number of rotatable bonds is 5. The van der Waals surface area contributed by atoms with Crippen molar-refractivity contribution in [3.63, 3.8) is 0 Å². The van der Waals surface area contributed by atoms with Crippen LogP contribution in [-0.4, -0.2) is 52.6 Å². The Morgan fingerprint density at radius 1 is 1.00 bits per heavy atom. The highest BCUT2D eigenvalue weighted by molar-refractivity contribution is 5.80. The molecule has 1 aliphatic rings. The second-order valence-corrected chi connectivity index (χ2v) is 6.49. The molecule has 30 heavy (non-hydrogen) atoms. The first-order valence-electron chi connectivity index (χ1n) is 9.11. The van der Waals surface area contributed by atoms with Crippen molar-refractivity contribution in [2.75, 3.05) is 33.0 Å². The maximum atomic E-state index is 5.48. The van der Waals surface area contributed by atoms with Gasteiger partial charge in [-0.05, 0) is 18.2 Å². The SMILES string of the molecule is COc1ncc(-c2cnn3ccc(N(C)c4ccc5c(c4)OCO5)nc23)c(OC)n1. The second kappa shape index (κ2) is 7.07. The molecule has 10 nitrogen and oxygen atoms in total. The van der Waals surface area contributed by atoms with Crippen LogP contribution in [0.3, 0.4) is 0 Å². The summed E-state index contributed by atoms with van der Waals surface area (Å²) in [5.74, 6) is 2.57. The minimum absolute atomic E-state index is 0.225. The standard InChI is InChI=1S/C20H18N6O4/c1-25(12-4-5-15-16(8-12)30-11-29-15)17-6-7-26-18(23-17)13(10-22-26)14-9-21-20(28-3)24-19(14)27-2/h4-10H,11H2,1-3H3. The number of nitrogens with zero attached hydrogens (tertiary/aromatic N) is 6. The molecule has 0 aliphatic carbocycles. The zero-order chi connectivity index (χ0) is 20.7. The van der Waals surface area contributed by atoms with Crippen molar-refractivity contribution in [3.05, 3.63) is 42.9 Å². The predicted octanol–water partition coefficient (Wildman–Crippen LogP) is 2.70. The highest BCUT2D eigenvalue weighted by Crippen LogP contribution is 2.37. The van der Waals surface area contributed by atoms with Gasteiger partial charge in [0.15, 0.2) is 17.1 Å². The van der Waals surface area contributed by atoms with E-state index >= 15 is 0 Å². The van der Waals surface area contributed by atoms with Crippen molar-refractivity contribution in [3.8, 4) is 34.5 Å². The van der Waals surface area contributed by atoms with Crippen LogP contribution in [0.25, 0.3) is 16.8 Å². The van der Waals surface area contributed by atoms with Gasteiger partial charge in [-0.3, -0.25) is 0 Å². The van der Waals surface area contributed by atoms with Gasteiger partial charge in [0.2, 0.25) is 12.7 Å². The fourth-order valence-corrected chi connectivity index (χ4v) is 3.25. The molecule has 1 aromatic carbocycles. The van der Waals surface area contributed by atoms with E-state index in [1.54, 1.807) is 24.0 Å². The van der Waals surface area contributed by atoms with Gasteiger partial charge in [0.05, 0.1) is 31.5 Å². The summed E-state index contributed by atoms with van der Waals surface area (Å²) in [7, 11) is 4.98. The molecule has 0 saturated carbocycles. The Kier molecular flexibility index (Phi) is 4.24. The molecule has 0 N–H and O–H groups in total. The van der Waals surface area contributed by atoms with E-state index in [0.717, 1.165) is 22.8 Å². The highest BCUT2D eigenvalue weighted by Gasteiger charge is 2.19. The Morgan fingerprint density at radius 3 is 2.70 bits per heavy atom. The average molecular weight is 406 g/mol. The summed E-state index contributed by atoms with van der Waals surface area (Å²) in [6, 6.07) is 7.87. The summed E-state index contributed by atoms with van der Waals surface area (Å²) in [5, 5.41) is 4.39. The highest BCUT2D eigenvalue weighted by atomic mass is 16.7. The molecule has 0 fully saturated rings. The second-order valence-electron chi connectivity index (χ2n) is 6.49. The van der Waals surface area contributed by atoms with Crippen molar-refractivity contribution in [1.29, 1.82) is 0 Å². The number of aromatic nitrogens is 5. The van der Waals surface area contributed by atoms with Crippen molar-refractivity contribution >= 4 is 17.2 Å². The van der Waals surface area contributed by atoms with Gasteiger partial charge in [0.1, 0.15) is 5.82 Å². The van der Waals surface area contributed by atoms with Crippen molar-refractivity contribution in [2.24, 2.45) is 0 Å². The normalized spacial score (nSPS) is 12.2. The monoisotopic (exact) mass is 406 g/mol. The molecular formula is C20H18N6O4. The number of benzene rings is 1. The summed E-state index contributed by atoms with van der Waals surface area (Å²) in [5.41, 5.74) is 2.98. The van der Waals surface area contributed by atoms with E-state index in [1.807, 2.05) is 42.4 Å². The first-order chi connectivity index (χ1) is 14.7. The Hall–Kier alpha value is -4.08. The van der Waals surface area contributed by atoms with Crippen LogP contribution in [-0.2, 0) is 0 Å². The lowest BCUT2D eigenvalue weighted by Gasteiger charge is -2.19. The molecule has 4 heterocycles. The van der Waals surface area contributed by atoms with Gasteiger partial charge in [0.25, 0.3) is 0 Å². The van der Waals surface area contributed by atoms with Gasteiger partial charge in [-0.25, -0.2) is 14.5 Å². The fraction of sp³-hybridized carbons (Fsp3) is 0.200. The van der Waals surface area contributed by atoms with Gasteiger partial charge in [0, 0.05) is 31.2 Å². The van der Waals surface area contributed by atoms with Gasteiger partial charge in [-0.15, -0.1) is 0 Å². The van der Waals surface area contributed by atoms with E-state index < -0.39 is 0 Å². The molecule has 152 valence electrons. The van der Waals surface area contributed by atoms with Crippen LogP contribution in [0.5, 0.6) is 23.4 Å². The van der Waals surface area contributed by atoms with E-state index in [2.05, 4.69) is 15.1 Å². The molecule has 0 unspecified atom stereocenters. The molecule has 10 heteroatoms. The number of anilines is 2. The Balaban J connectivity index is 1.57. The maximum absolute atomic E-state index is 5.48. The van der Waals surface area contributed by atoms with Crippen molar-refractivity contribution < 1.29 is 18.9 Å². The molecule has 0 amide bonds. The van der Waals surface area contributed by atoms with E-state index in [0.29, 0.717) is 22.8 Å². The third-order valence-corrected chi connectivity index (χ3v) is 4.84. The van der Waals surface area contributed by atoms with Crippen LogP contribution in [0.1, 0.15) is 0 Å².